The summed E-state index contributed by atoms with van der Waals surface area (Å²) in [7, 11) is 0. The van der Waals surface area contributed by atoms with Crippen molar-refractivity contribution in [2.45, 2.75) is 25.2 Å². The summed E-state index contributed by atoms with van der Waals surface area (Å²) in [5.41, 5.74) is 1.67. The van der Waals surface area contributed by atoms with Gasteiger partial charge in [0.25, 0.3) is 0 Å². The van der Waals surface area contributed by atoms with Crippen LogP contribution in [0.2, 0.25) is 0 Å². The van der Waals surface area contributed by atoms with E-state index in [9.17, 15) is 23.1 Å². The molecular formula is C19H16ClF3N2O2. The molecule has 27 heavy (non-hydrogen) atoms. The molecule has 1 aromatic heterocycles. The van der Waals surface area contributed by atoms with Crippen molar-refractivity contribution < 1.29 is 23.1 Å². The fourth-order valence-corrected chi connectivity index (χ4v) is 3.18. The number of para-hydroxylation sites is 1. The van der Waals surface area contributed by atoms with Gasteiger partial charge in [-0.2, -0.15) is 13.2 Å². The van der Waals surface area contributed by atoms with Crippen LogP contribution < -0.4 is 4.84 Å². The zero-order chi connectivity index (χ0) is 19.6. The lowest BCUT2D eigenvalue weighted by Gasteiger charge is -2.09. The maximum Gasteiger partial charge on any atom is 0.416 e. The van der Waals surface area contributed by atoms with Crippen LogP contribution >= 0.6 is 11.8 Å². The molecule has 0 amide bonds. The van der Waals surface area contributed by atoms with Crippen molar-refractivity contribution in [3.8, 4) is 0 Å². The van der Waals surface area contributed by atoms with E-state index in [1.54, 1.807) is 0 Å². The number of halogens is 4. The summed E-state index contributed by atoms with van der Waals surface area (Å²) in [5, 5.41) is 10.1. The monoisotopic (exact) mass is 396 g/mol. The molecule has 1 atom stereocenters. The number of fused-ring (bicyclic) bond motifs is 1. The number of nitrogens with zero attached hydrogens (tertiary/aromatic N) is 1. The topological polar surface area (TPSA) is 54.3 Å². The van der Waals surface area contributed by atoms with Crippen molar-refractivity contribution in [1.29, 1.82) is 0 Å². The molecule has 142 valence electrons. The Hall–Kier alpha value is -2.51. The van der Waals surface area contributed by atoms with Gasteiger partial charge in [-0.25, -0.2) is 4.84 Å². The number of rotatable bonds is 6. The number of benzene rings is 2. The first-order chi connectivity index (χ1) is 12.8. The minimum atomic E-state index is -4.37. The number of hydrogen-bond acceptors (Lipinski definition) is 2. The molecule has 0 radical (unpaired) electrons. The highest BCUT2D eigenvalue weighted by Gasteiger charge is 2.30. The van der Waals surface area contributed by atoms with Crippen LogP contribution in [0.5, 0.6) is 0 Å². The van der Waals surface area contributed by atoms with Crippen molar-refractivity contribution in [1.82, 2.24) is 9.40 Å². The Morgan fingerprint density at radius 3 is 2.41 bits per heavy atom. The second kappa shape index (κ2) is 7.62. The average molecular weight is 397 g/mol. The predicted octanol–water partition coefficient (Wildman–Crippen LogP) is 4.45. The molecule has 0 saturated heterocycles. The van der Waals surface area contributed by atoms with Crippen molar-refractivity contribution in [3.63, 3.8) is 0 Å². The summed E-state index contributed by atoms with van der Waals surface area (Å²) < 4.78 is 40.0. The lowest BCUT2D eigenvalue weighted by atomic mass is 10.1. The first-order valence-corrected chi connectivity index (χ1v) is 8.49. The molecule has 0 aliphatic rings. The van der Waals surface area contributed by atoms with Crippen LogP contribution in [0.1, 0.15) is 16.7 Å². The Bertz CT molecular complexity index is 952. The summed E-state index contributed by atoms with van der Waals surface area (Å²) in [6, 6.07) is 11.5. The highest BCUT2D eigenvalue weighted by atomic mass is 35.5. The zero-order valence-corrected chi connectivity index (χ0v) is 14.8. The molecule has 0 spiro atoms. The van der Waals surface area contributed by atoms with Gasteiger partial charge in [0.1, 0.15) is 6.04 Å². The molecule has 0 aliphatic carbocycles. The minimum Gasteiger partial charge on any atom is -0.480 e. The molecule has 0 unspecified atom stereocenters. The Morgan fingerprint density at radius 2 is 1.81 bits per heavy atom. The molecular weight excluding hydrogens is 381 g/mol. The third-order valence-electron chi connectivity index (χ3n) is 4.36. The number of alkyl halides is 3. The van der Waals surface area contributed by atoms with E-state index >= 15 is 0 Å². The van der Waals surface area contributed by atoms with Crippen LogP contribution in [0, 0.1) is 0 Å². The maximum absolute atomic E-state index is 12.7. The molecule has 0 saturated carbocycles. The van der Waals surface area contributed by atoms with Gasteiger partial charge in [0.2, 0.25) is 0 Å². The van der Waals surface area contributed by atoms with Crippen LogP contribution in [0.4, 0.5) is 13.2 Å². The number of carbonyl (C=O) groups is 1. The second-order valence-electron chi connectivity index (χ2n) is 6.20. The molecule has 0 bridgehead atoms. The quantitative estimate of drug-likeness (QED) is 0.605. The van der Waals surface area contributed by atoms with Crippen LogP contribution in [-0.4, -0.2) is 21.7 Å². The maximum atomic E-state index is 12.7. The molecule has 4 nitrogen and oxygen atoms in total. The summed E-state index contributed by atoms with van der Waals surface area (Å²) in [4.78, 5) is 13.5. The van der Waals surface area contributed by atoms with Crippen molar-refractivity contribution >= 4 is 28.6 Å². The fourth-order valence-electron chi connectivity index (χ4n) is 3.00. The summed E-state index contributed by atoms with van der Waals surface area (Å²) in [5.74, 6) is -1.07. The van der Waals surface area contributed by atoms with E-state index < -0.39 is 23.8 Å². The van der Waals surface area contributed by atoms with E-state index in [0.29, 0.717) is 12.1 Å². The van der Waals surface area contributed by atoms with E-state index in [4.69, 9.17) is 11.8 Å². The molecule has 3 aromatic rings. The zero-order valence-electron chi connectivity index (χ0n) is 14.0. The lowest BCUT2D eigenvalue weighted by molar-refractivity contribution is -0.139. The average Bonchev–Trinajstić information content (AvgIpc) is 2.97. The number of nitrogens with one attached hydrogen (secondary N) is 1. The van der Waals surface area contributed by atoms with Gasteiger partial charge in [0.05, 0.1) is 5.56 Å². The first-order valence-electron chi connectivity index (χ1n) is 8.11. The van der Waals surface area contributed by atoms with Gasteiger partial charge >= 0.3 is 12.1 Å². The fraction of sp³-hybridized carbons (Fsp3) is 0.211. The van der Waals surface area contributed by atoms with Gasteiger partial charge in [-0.1, -0.05) is 30.3 Å². The highest BCUT2D eigenvalue weighted by Crippen LogP contribution is 2.29. The largest absolute Gasteiger partial charge is 0.480 e. The van der Waals surface area contributed by atoms with Crippen molar-refractivity contribution in [2.75, 3.05) is 0 Å². The Morgan fingerprint density at radius 1 is 1.15 bits per heavy atom. The second-order valence-corrected chi connectivity index (χ2v) is 6.42. The van der Waals surface area contributed by atoms with E-state index in [-0.39, 0.29) is 6.42 Å². The summed E-state index contributed by atoms with van der Waals surface area (Å²) in [6.45, 7) is 0.366. The van der Waals surface area contributed by atoms with Crippen LogP contribution in [-0.2, 0) is 23.9 Å². The standard InChI is InChI=1S/C19H16ClF3N2O2/c20-24-16(18(26)27)9-13-11-25(17-4-2-1-3-15(13)17)10-12-5-7-14(8-6-12)19(21,22)23/h1-8,11,16,24H,9-10H2,(H,26,27)/t16-/m0/s1. The van der Waals surface area contributed by atoms with Gasteiger partial charge in [0.15, 0.2) is 0 Å². The number of aliphatic carboxylic acids is 1. The van der Waals surface area contributed by atoms with Gasteiger partial charge in [-0.05, 0) is 41.1 Å². The number of hydrogen-bond donors (Lipinski definition) is 2. The molecule has 2 N–H and O–H groups in total. The number of aromatic nitrogens is 1. The highest BCUT2D eigenvalue weighted by molar-refractivity contribution is 6.14. The Balaban J connectivity index is 1.92. The Labute approximate surface area is 158 Å². The molecule has 0 fully saturated rings. The predicted molar refractivity (Wildman–Crippen MR) is 96.6 cm³/mol. The first kappa shape index (κ1) is 19.3. The van der Waals surface area contributed by atoms with Gasteiger partial charge < -0.3 is 9.67 Å². The van der Waals surface area contributed by atoms with Crippen molar-refractivity contribution in [2.24, 2.45) is 0 Å². The van der Waals surface area contributed by atoms with Gasteiger partial charge in [-0.3, -0.25) is 4.79 Å². The number of carboxylic acids is 1. The van der Waals surface area contributed by atoms with Crippen LogP contribution in [0.15, 0.2) is 54.7 Å². The van der Waals surface area contributed by atoms with E-state index in [0.717, 1.165) is 28.6 Å². The minimum absolute atomic E-state index is 0.180. The van der Waals surface area contributed by atoms with Crippen molar-refractivity contribution in [3.05, 3.63) is 71.4 Å². The smallest absolute Gasteiger partial charge is 0.416 e. The van der Waals surface area contributed by atoms with Gasteiger partial charge in [-0.15, -0.1) is 0 Å². The summed E-state index contributed by atoms with van der Waals surface area (Å²) in [6.07, 6.45) is -2.38. The SMILES string of the molecule is O=C(O)[C@H](Cc1cn(Cc2ccc(C(F)(F)F)cc2)c2ccccc12)NCl. The Kier molecular flexibility index (Phi) is 5.43. The van der Waals surface area contributed by atoms with E-state index in [2.05, 4.69) is 4.84 Å². The molecule has 1 heterocycles. The molecule has 2 aromatic carbocycles. The number of carboxylic acid groups (broad SMARTS) is 1. The van der Waals surface area contributed by atoms with Crippen LogP contribution in [0.3, 0.4) is 0 Å². The molecule has 8 heteroatoms. The molecule has 3 rings (SSSR count). The normalized spacial score (nSPS) is 13.0. The summed E-state index contributed by atoms with van der Waals surface area (Å²) >= 11 is 5.52. The molecule has 0 aliphatic heterocycles. The van der Waals surface area contributed by atoms with E-state index in [1.807, 2.05) is 35.0 Å². The van der Waals surface area contributed by atoms with Gasteiger partial charge in [0, 0.05) is 30.1 Å². The van der Waals surface area contributed by atoms with E-state index in [1.165, 1.54) is 12.1 Å². The lowest BCUT2D eigenvalue weighted by Crippen LogP contribution is -2.32. The third kappa shape index (κ3) is 4.26. The van der Waals surface area contributed by atoms with Crippen LogP contribution in [0.25, 0.3) is 10.9 Å². The third-order valence-corrected chi connectivity index (χ3v) is 4.62.